The maximum Gasteiger partial charge on any atom is 0.312 e. The van der Waals surface area contributed by atoms with Crippen molar-refractivity contribution in [3.8, 4) is 28.7 Å². The fraction of sp³-hybridized carbons (Fsp3) is 0.490. The van der Waals surface area contributed by atoms with Gasteiger partial charge in [-0.3, -0.25) is 19.2 Å². The summed E-state index contributed by atoms with van der Waals surface area (Å²) >= 11 is 0. The predicted octanol–water partition coefficient (Wildman–Crippen LogP) is 6.89. The molecule has 0 unspecified atom stereocenters. The fourth-order valence-electron chi connectivity index (χ4n) is 9.33. The largest absolute Gasteiger partial charge is 0.507 e. The molecule has 348 valence electrons. The number of aromatic nitrogens is 1. The average Bonchev–Trinajstić information content (AvgIpc) is 3.54. The van der Waals surface area contributed by atoms with Gasteiger partial charge < -0.3 is 54.0 Å². The minimum absolute atomic E-state index is 0.000374. The van der Waals surface area contributed by atoms with Crippen LogP contribution in [-0.2, 0) is 23.8 Å². The number of phenolic OH excluding ortho intramolecular Hbond substituents is 2. The number of ketones is 1. The van der Waals surface area contributed by atoms with Gasteiger partial charge in [-0.2, -0.15) is 0 Å². The molecular weight excluding hydrogens is 839 g/mol. The molecule has 1 saturated heterocycles. The Morgan fingerprint density at radius 1 is 0.954 bits per heavy atom. The number of fused-ring (bicyclic) bond motifs is 2. The summed E-state index contributed by atoms with van der Waals surface area (Å²) in [4.78, 5) is 62.9. The van der Waals surface area contributed by atoms with Crippen LogP contribution >= 0.6 is 0 Å². The van der Waals surface area contributed by atoms with Crippen LogP contribution in [0, 0.1) is 36.5 Å². The second kappa shape index (κ2) is 18.1. The number of aliphatic hydroxyl groups is 2. The first-order chi connectivity index (χ1) is 30.7. The van der Waals surface area contributed by atoms with E-state index >= 15 is 0 Å². The number of esters is 1. The number of nitrogens with zero attached hydrogens (tertiary/aromatic N) is 2. The van der Waals surface area contributed by atoms with E-state index in [1.54, 1.807) is 52.0 Å². The van der Waals surface area contributed by atoms with Gasteiger partial charge in [0.15, 0.2) is 11.3 Å². The molecule has 1 amide bonds. The maximum atomic E-state index is 14.8. The van der Waals surface area contributed by atoms with Crippen LogP contribution in [0.1, 0.15) is 84.2 Å². The second-order valence-corrected chi connectivity index (χ2v) is 18.2. The van der Waals surface area contributed by atoms with E-state index in [-0.39, 0.29) is 67.2 Å². The third-order valence-electron chi connectivity index (χ3n) is 13.6. The van der Waals surface area contributed by atoms with Gasteiger partial charge in [0, 0.05) is 92.1 Å². The van der Waals surface area contributed by atoms with Gasteiger partial charge in [0.05, 0.1) is 35.5 Å². The Hall–Kier alpha value is -5.97. The number of carbonyl (C=O) groups excluding carboxylic acids is 3. The van der Waals surface area contributed by atoms with Gasteiger partial charge in [0.2, 0.25) is 5.43 Å². The summed E-state index contributed by atoms with van der Waals surface area (Å²) < 4.78 is 30.4. The van der Waals surface area contributed by atoms with Crippen molar-refractivity contribution in [1.29, 1.82) is 0 Å². The number of allylic oxidation sites excluding steroid dienone is 2. The van der Waals surface area contributed by atoms with Crippen LogP contribution in [0.2, 0.25) is 0 Å². The lowest BCUT2D eigenvalue weighted by atomic mass is 9.78. The normalized spacial score (nSPS) is 30.2. The second-order valence-electron chi connectivity index (χ2n) is 18.2. The van der Waals surface area contributed by atoms with Crippen LogP contribution in [0.15, 0.2) is 57.5 Å². The van der Waals surface area contributed by atoms with Crippen molar-refractivity contribution in [2.75, 3.05) is 30.4 Å². The first-order valence-electron chi connectivity index (χ1n) is 22.1. The van der Waals surface area contributed by atoms with E-state index in [0.717, 1.165) is 25.9 Å². The number of piperidine rings is 1. The number of aromatic hydroxyl groups is 2. The van der Waals surface area contributed by atoms with E-state index in [9.17, 15) is 39.6 Å². The zero-order valence-corrected chi connectivity index (χ0v) is 38.4. The van der Waals surface area contributed by atoms with Crippen LogP contribution in [0.25, 0.3) is 33.3 Å². The van der Waals surface area contributed by atoms with Crippen molar-refractivity contribution in [2.24, 2.45) is 29.6 Å². The standard InChI is InChI=1S/C49H59N3O13/c1-22-14-17-52(18-15-22)30-20-31(54)37-33(21-30)64-46-38(50-37)34-35-42(57)28(7)45-36(34)47(59)49(9,65-45)62-19-16-32(61-10)25(4)44(63-29(8)53)27(6)41(56)26(5)40(55)23(2)12-11-13-24(3)48(60)51-39(46)43(35)58/h11-13,16,19-23,25-27,32,40-41,44,54-57H,14-15,17-18H2,1-10H3,(H,51,60)/b12-11+,19-16+,24-13-/t23-,25+,26+,27+,32-,40-,41+,44+,49-/m0/s1. The van der Waals surface area contributed by atoms with E-state index in [1.165, 1.54) is 53.2 Å². The van der Waals surface area contributed by atoms with Crippen LogP contribution < -0.4 is 20.4 Å². The van der Waals surface area contributed by atoms with Gasteiger partial charge in [0.25, 0.3) is 11.7 Å². The van der Waals surface area contributed by atoms with E-state index in [1.807, 2.05) is 0 Å². The number of hydrogen-bond acceptors (Lipinski definition) is 15. The average molecular weight is 898 g/mol. The van der Waals surface area contributed by atoms with Gasteiger partial charge in [0.1, 0.15) is 40.3 Å². The molecule has 16 heteroatoms. The van der Waals surface area contributed by atoms with Crippen molar-refractivity contribution in [3.63, 3.8) is 0 Å². The predicted molar refractivity (Wildman–Crippen MR) is 243 cm³/mol. The number of nitrogens with one attached hydrogen (secondary N) is 1. The van der Waals surface area contributed by atoms with Gasteiger partial charge in [-0.25, -0.2) is 4.98 Å². The molecule has 9 atom stereocenters. The first kappa shape index (κ1) is 47.0. The summed E-state index contributed by atoms with van der Waals surface area (Å²) in [5, 5.41) is 48.5. The fourth-order valence-corrected chi connectivity index (χ4v) is 9.33. The Bertz CT molecular complexity index is 2660. The third-order valence-corrected chi connectivity index (χ3v) is 13.6. The Labute approximate surface area is 376 Å². The highest BCUT2D eigenvalue weighted by atomic mass is 16.7. The SMILES string of the molecule is CO[C@H]1/C=C/O[C@@]2(C)Oc3c(C)c(O)c4c(=O)c(c5oc6cc(N7CCC(C)CC7)cc(O)c6nc-5c4c3C2=O)NC(=O)/C(C)=C\C=C\[C@H](C)[C@H](O)[C@@H](C)[C@@H](O)[C@@H](C)[C@H](OC(C)=O)[C@@H]1C. The minimum atomic E-state index is -2.07. The number of aliphatic hydroxyl groups excluding tert-OH is 2. The number of rotatable bonds is 3. The number of ether oxygens (including phenoxy) is 4. The zero-order chi connectivity index (χ0) is 47.4. The van der Waals surface area contributed by atoms with E-state index in [2.05, 4.69) is 17.1 Å². The number of carbonyl (C=O) groups is 3. The Morgan fingerprint density at radius 2 is 1.65 bits per heavy atom. The summed E-state index contributed by atoms with van der Waals surface area (Å²) in [6, 6.07) is 3.28. The maximum absolute atomic E-state index is 14.8. The van der Waals surface area contributed by atoms with Crippen molar-refractivity contribution in [2.45, 2.75) is 105 Å². The Balaban J connectivity index is 1.45. The summed E-state index contributed by atoms with van der Waals surface area (Å²) in [6.45, 7) is 16.2. The van der Waals surface area contributed by atoms with E-state index in [0.29, 0.717) is 11.6 Å². The highest BCUT2D eigenvalue weighted by Crippen LogP contribution is 2.51. The molecule has 0 spiro atoms. The van der Waals surface area contributed by atoms with Crippen LogP contribution in [0.4, 0.5) is 11.4 Å². The molecule has 65 heavy (non-hydrogen) atoms. The number of benzene rings is 3. The highest BCUT2D eigenvalue weighted by Gasteiger charge is 2.50. The molecule has 1 aliphatic carbocycles. The molecule has 16 nitrogen and oxygen atoms in total. The molecular formula is C49H59N3O13. The molecule has 5 aliphatic rings. The monoisotopic (exact) mass is 897 g/mol. The van der Waals surface area contributed by atoms with Crippen LogP contribution in [0.5, 0.6) is 17.2 Å². The van der Waals surface area contributed by atoms with Crippen molar-refractivity contribution in [3.05, 3.63) is 69.6 Å². The minimum Gasteiger partial charge on any atom is -0.507 e. The molecule has 0 radical (unpaired) electrons. The molecule has 7 rings (SSSR count). The lowest BCUT2D eigenvalue weighted by molar-refractivity contribution is -0.160. The van der Waals surface area contributed by atoms with Crippen molar-refractivity contribution < 1.29 is 58.2 Å². The molecule has 2 aromatic rings. The van der Waals surface area contributed by atoms with Crippen molar-refractivity contribution >= 4 is 50.9 Å². The third kappa shape index (κ3) is 8.54. The quantitative estimate of drug-likeness (QED) is 0.0802. The molecule has 4 bridgehead atoms. The van der Waals surface area contributed by atoms with Crippen LogP contribution in [-0.4, -0.2) is 93.5 Å². The summed E-state index contributed by atoms with van der Waals surface area (Å²) in [6.07, 6.45) is 5.39. The van der Waals surface area contributed by atoms with Gasteiger partial charge in [-0.15, -0.1) is 0 Å². The number of amides is 1. The first-order valence-corrected chi connectivity index (χ1v) is 22.1. The molecule has 0 aromatic heterocycles. The number of phenols is 2. The Morgan fingerprint density at radius 3 is 2.31 bits per heavy atom. The van der Waals surface area contributed by atoms with E-state index in [4.69, 9.17) is 28.3 Å². The zero-order valence-electron chi connectivity index (χ0n) is 38.4. The molecule has 4 aliphatic heterocycles. The highest BCUT2D eigenvalue weighted by molar-refractivity contribution is 6.22. The lowest BCUT2D eigenvalue weighted by Gasteiger charge is -2.38. The molecule has 5 N–H and O–H groups in total. The number of Topliss-reactive ketones (excluding diaryl/α,β-unsaturated/α-hetero) is 1. The number of methoxy groups -OCH3 is 1. The molecule has 0 saturated carbocycles. The topological polar surface area (TPSA) is 227 Å². The van der Waals surface area contributed by atoms with Crippen LogP contribution in [0.3, 0.4) is 0 Å². The molecule has 2 aromatic carbocycles. The summed E-state index contributed by atoms with van der Waals surface area (Å²) in [7, 11) is 1.44. The molecule has 4 heterocycles. The van der Waals surface area contributed by atoms with Crippen molar-refractivity contribution in [1.82, 2.24) is 4.98 Å². The molecule has 1 fully saturated rings. The van der Waals surface area contributed by atoms with Gasteiger partial charge in [-0.1, -0.05) is 52.8 Å². The Kier molecular flexibility index (Phi) is 13.1. The number of anilines is 2. The number of hydrogen-bond donors (Lipinski definition) is 5. The van der Waals surface area contributed by atoms with E-state index < -0.39 is 82.7 Å². The lowest BCUT2D eigenvalue weighted by Crippen LogP contribution is -2.46. The summed E-state index contributed by atoms with van der Waals surface area (Å²) in [5.74, 6) is -7.23. The smallest absolute Gasteiger partial charge is 0.312 e. The van der Waals surface area contributed by atoms with Gasteiger partial charge in [-0.05, 0) is 38.7 Å². The summed E-state index contributed by atoms with van der Waals surface area (Å²) in [5.41, 5.74) is -0.592. The van der Waals surface area contributed by atoms with Gasteiger partial charge >= 0.3 is 11.8 Å².